The summed E-state index contributed by atoms with van der Waals surface area (Å²) in [6.45, 7) is 0. The van der Waals surface area contributed by atoms with E-state index >= 15 is 0 Å². The summed E-state index contributed by atoms with van der Waals surface area (Å²) < 4.78 is 0. The van der Waals surface area contributed by atoms with Crippen LogP contribution in [0.2, 0.25) is 5.02 Å². The number of benzene rings is 1. The molecule has 2 heterocycles. The van der Waals surface area contributed by atoms with Gasteiger partial charge in [-0.15, -0.1) is 0 Å². The van der Waals surface area contributed by atoms with E-state index in [0.29, 0.717) is 28.0 Å². The van der Waals surface area contributed by atoms with Crippen LogP contribution in [0.5, 0.6) is 0 Å². The van der Waals surface area contributed by atoms with Crippen LogP contribution >= 0.6 is 23.4 Å². The van der Waals surface area contributed by atoms with E-state index in [0.717, 1.165) is 25.7 Å². The van der Waals surface area contributed by atoms with Crippen LogP contribution in [0.3, 0.4) is 0 Å². The normalized spacial score (nSPS) is 28.5. The first-order chi connectivity index (χ1) is 9.69. The third kappa shape index (κ3) is 2.63. The molecule has 3 nitrogen and oxygen atoms in total. The Morgan fingerprint density at radius 1 is 1.30 bits per heavy atom. The van der Waals surface area contributed by atoms with E-state index in [9.17, 15) is 4.79 Å². The smallest absolute Gasteiger partial charge is 0.318 e. The summed E-state index contributed by atoms with van der Waals surface area (Å²) in [5.41, 5.74) is 0.700. The quantitative estimate of drug-likeness (QED) is 0.886. The zero-order chi connectivity index (χ0) is 14.1. The van der Waals surface area contributed by atoms with E-state index in [1.165, 1.54) is 0 Å². The summed E-state index contributed by atoms with van der Waals surface area (Å²) in [5.74, 6) is 0. The van der Waals surface area contributed by atoms with Crippen LogP contribution in [0.15, 0.2) is 24.3 Å². The zero-order valence-electron chi connectivity index (χ0n) is 11.5. The number of urea groups is 1. The van der Waals surface area contributed by atoms with Gasteiger partial charge in [-0.1, -0.05) is 23.7 Å². The van der Waals surface area contributed by atoms with Crippen LogP contribution in [-0.4, -0.2) is 34.5 Å². The van der Waals surface area contributed by atoms with E-state index in [1.54, 1.807) is 6.07 Å². The topological polar surface area (TPSA) is 32.3 Å². The number of halogens is 1. The molecule has 20 heavy (non-hydrogen) atoms. The third-order valence-corrected chi connectivity index (χ3v) is 5.75. The summed E-state index contributed by atoms with van der Waals surface area (Å²) in [7, 11) is 0. The van der Waals surface area contributed by atoms with Gasteiger partial charge in [0.1, 0.15) is 0 Å². The predicted octanol–water partition coefficient (Wildman–Crippen LogP) is 4.23. The molecule has 2 amide bonds. The number of fused-ring (bicyclic) bond motifs is 2. The van der Waals surface area contributed by atoms with E-state index in [2.05, 4.69) is 16.5 Å². The second-order valence-electron chi connectivity index (χ2n) is 5.53. The molecule has 2 fully saturated rings. The summed E-state index contributed by atoms with van der Waals surface area (Å²) in [6.07, 6.45) is 6.68. The summed E-state index contributed by atoms with van der Waals surface area (Å²) >= 11 is 8.04. The van der Waals surface area contributed by atoms with Gasteiger partial charge >= 0.3 is 6.03 Å². The minimum Gasteiger partial charge on any atom is -0.318 e. The first-order valence-electron chi connectivity index (χ1n) is 7.05. The van der Waals surface area contributed by atoms with Gasteiger partial charge < -0.3 is 10.2 Å². The van der Waals surface area contributed by atoms with Gasteiger partial charge in [-0.25, -0.2) is 4.79 Å². The molecule has 2 aliphatic rings. The van der Waals surface area contributed by atoms with Crippen molar-refractivity contribution in [2.75, 3.05) is 11.6 Å². The van der Waals surface area contributed by atoms with Gasteiger partial charge in [0.2, 0.25) is 0 Å². The number of piperidine rings is 1. The first kappa shape index (κ1) is 14.1. The van der Waals surface area contributed by atoms with Crippen molar-refractivity contribution in [2.24, 2.45) is 0 Å². The number of nitrogens with zero attached hydrogens (tertiary/aromatic N) is 1. The minimum atomic E-state index is 0.00477. The highest BCUT2D eigenvalue weighted by Crippen LogP contribution is 2.40. The molecule has 1 N–H and O–H groups in total. The monoisotopic (exact) mass is 310 g/mol. The molecular weight excluding hydrogens is 292 g/mol. The fourth-order valence-corrected chi connectivity index (χ4v) is 4.41. The van der Waals surface area contributed by atoms with Crippen molar-refractivity contribution >= 4 is 35.1 Å². The van der Waals surface area contributed by atoms with Crippen molar-refractivity contribution < 1.29 is 4.79 Å². The van der Waals surface area contributed by atoms with Crippen molar-refractivity contribution in [3.8, 4) is 0 Å². The fourth-order valence-electron chi connectivity index (χ4n) is 3.39. The second-order valence-corrected chi connectivity index (χ2v) is 7.08. The van der Waals surface area contributed by atoms with Crippen molar-refractivity contribution in [1.29, 1.82) is 0 Å². The number of hydrogen-bond acceptors (Lipinski definition) is 2. The Labute approximate surface area is 129 Å². The Bertz CT molecular complexity index is 496. The molecule has 3 rings (SSSR count). The van der Waals surface area contributed by atoms with Crippen molar-refractivity contribution in [3.05, 3.63) is 29.3 Å². The van der Waals surface area contributed by atoms with Crippen molar-refractivity contribution in [1.82, 2.24) is 4.90 Å². The van der Waals surface area contributed by atoms with Gasteiger partial charge in [-0.05, 0) is 44.1 Å². The van der Waals surface area contributed by atoms with Crippen LogP contribution in [0, 0.1) is 0 Å². The molecule has 2 unspecified atom stereocenters. The number of carbonyl (C=O) groups excluding carboxylic acids is 1. The Morgan fingerprint density at radius 3 is 2.55 bits per heavy atom. The molecule has 1 aromatic rings. The molecule has 108 valence electrons. The van der Waals surface area contributed by atoms with Gasteiger partial charge in [-0.2, -0.15) is 11.8 Å². The number of anilines is 1. The fraction of sp³-hybridized carbons (Fsp3) is 0.533. The lowest BCUT2D eigenvalue weighted by Crippen LogP contribution is -2.49. The molecule has 0 spiro atoms. The van der Waals surface area contributed by atoms with Gasteiger partial charge in [0, 0.05) is 17.3 Å². The van der Waals surface area contributed by atoms with E-state index in [1.807, 2.05) is 30.0 Å². The molecule has 0 aromatic heterocycles. The van der Waals surface area contributed by atoms with Crippen LogP contribution in [0.25, 0.3) is 0 Å². The van der Waals surface area contributed by atoms with Gasteiger partial charge in [0.25, 0.3) is 0 Å². The molecular formula is C15H19ClN2OS. The first-order valence-corrected chi connectivity index (χ1v) is 8.72. The predicted molar refractivity (Wildman–Crippen MR) is 85.7 cm³/mol. The standard InChI is InChI=1S/C15H19ClN2OS/c1-20-12-8-10-6-7-11(9-12)18(10)15(19)17-14-5-3-2-4-13(14)16/h2-5,10-12H,6-9H2,1H3,(H,17,19). The lowest BCUT2D eigenvalue weighted by Gasteiger charge is -2.38. The van der Waals surface area contributed by atoms with Gasteiger partial charge in [-0.3, -0.25) is 0 Å². The number of amides is 2. The zero-order valence-corrected chi connectivity index (χ0v) is 13.1. The number of thioether (sulfide) groups is 1. The highest BCUT2D eigenvalue weighted by Gasteiger charge is 2.43. The van der Waals surface area contributed by atoms with Crippen molar-refractivity contribution in [3.63, 3.8) is 0 Å². The molecule has 2 aliphatic heterocycles. The minimum absolute atomic E-state index is 0.00477. The third-order valence-electron chi connectivity index (χ3n) is 4.37. The summed E-state index contributed by atoms with van der Waals surface area (Å²) in [5, 5.41) is 4.26. The average Bonchev–Trinajstić information content (AvgIpc) is 2.72. The highest BCUT2D eigenvalue weighted by molar-refractivity contribution is 7.99. The SMILES string of the molecule is CSC1CC2CCC(C1)N2C(=O)Nc1ccccc1Cl. The number of para-hydroxylation sites is 1. The Kier molecular flexibility index (Phi) is 4.13. The van der Waals surface area contributed by atoms with Crippen LogP contribution < -0.4 is 5.32 Å². The molecule has 0 aliphatic carbocycles. The highest BCUT2D eigenvalue weighted by atomic mass is 35.5. The molecule has 2 bridgehead atoms. The Balaban J connectivity index is 1.71. The molecule has 5 heteroatoms. The molecule has 0 saturated carbocycles. The summed E-state index contributed by atoms with van der Waals surface area (Å²) in [6, 6.07) is 8.19. The average molecular weight is 311 g/mol. The number of nitrogens with one attached hydrogen (secondary N) is 1. The van der Waals surface area contributed by atoms with E-state index < -0.39 is 0 Å². The number of carbonyl (C=O) groups is 1. The largest absolute Gasteiger partial charge is 0.322 e. The number of rotatable bonds is 2. The molecule has 2 atom stereocenters. The lowest BCUT2D eigenvalue weighted by molar-refractivity contribution is 0.161. The van der Waals surface area contributed by atoms with Crippen LogP contribution in [0.1, 0.15) is 25.7 Å². The molecule has 1 aromatic carbocycles. The van der Waals surface area contributed by atoms with Crippen LogP contribution in [0.4, 0.5) is 10.5 Å². The maximum Gasteiger partial charge on any atom is 0.322 e. The maximum atomic E-state index is 12.5. The molecule has 2 saturated heterocycles. The number of hydrogen-bond donors (Lipinski definition) is 1. The van der Waals surface area contributed by atoms with Crippen molar-refractivity contribution in [2.45, 2.75) is 43.0 Å². The van der Waals surface area contributed by atoms with E-state index in [-0.39, 0.29) is 6.03 Å². The Morgan fingerprint density at radius 2 is 1.95 bits per heavy atom. The second kappa shape index (κ2) is 5.86. The van der Waals surface area contributed by atoms with Gasteiger partial charge in [0.15, 0.2) is 0 Å². The van der Waals surface area contributed by atoms with Crippen LogP contribution in [-0.2, 0) is 0 Å². The molecule has 0 radical (unpaired) electrons. The summed E-state index contributed by atoms with van der Waals surface area (Å²) in [4.78, 5) is 14.6. The van der Waals surface area contributed by atoms with E-state index in [4.69, 9.17) is 11.6 Å². The maximum absolute atomic E-state index is 12.5. The Hall–Kier alpha value is -0.870. The lowest BCUT2D eigenvalue weighted by atomic mass is 10.0. The van der Waals surface area contributed by atoms with Gasteiger partial charge in [0.05, 0.1) is 10.7 Å².